The molecule has 1 saturated heterocycles. The summed E-state index contributed by atoms with van der Waals surface area (Å²) in [5, 5.41) is 11.4. The molecule has 1 fully saturated rings. The first-order valence-electron chi connectivity index (χ1n) is 6.39. The lowest BCUT2D eigenvalue weighted by Crippen LogP contribution is -2.38. The van der Waals surface area contributed by atoms with Crippen LogP contribution in [0.1, 0.15) is 38.5 Å². The Morgan fingerprint density at radius 3 is 2.71 bits per heavy atom. The predicted molar refractivity (Wildman–Crippen MR) is 64.4 cm³/mol. The lowest BCUT2D eigenvalue weighted by molar-refractivity contribution is -0.133. The van der Waals surface area contributed by atoms with Crippen LogP contribution in [0.5, 0.6) is 0 Å². The number of carbonyl (C=O) groups excluding carboxylic acids is 2. The Hall–Kier alpha value is -1.10. The van der Waals surface area contributed by atoms with Gasteiger partial charge in [-0.2, -0.15) is 0 Å². The van der Waals surface area contributed by atoms with Gasteiger partial charge in [0.05, 0.1) is 6.54 Å². The number of likely N-dealkylation sites (tertiary alicyclic amines) is 1. The van der Waals surface area contributed by atoms with E-state index in [2.05, 4.69) is 5.32 Å². The van der Waals surface area contributed by atoms with Crippen molar-refractivity contribution >= 4 is 11.8 Å². The van der Waals surface area contributed by atoms with Crippen molar-refractivity contribution in [3.8, 4) is 0 Å². The molecule has 1 aliphatic rings. The predicted octanol–water partition coefficient (Wildman–Crippen LogP) is 0.278. The summed E-state index contributed by atoms with van der Waals surface area (Å²) in [5.41, 5.74) is 0. The highest BCUT2D eigenvalue weighted by atomic mass is 16.3. The Labute approximate surface area is 102 Å². The second kappa shape index (κ2) is 8.06. The van der Waals surface area contributed by atoms with Crippen molar-refractivity contribution in [3.05, 3.63) is 0 Å². The number of aliphatic hydroxyl groups is 1. The Balaban J connectivity index is 1.99. The van der Waals surface area contributed by atoms with Crippen molar-refractivity contribution in [1.29, 1.82) is 0 Å². The summed E-state index contributed by atoms with van der Waals surface area (Å²) in [4.78, 5) is 24.4. The fraction of sp³-hybridized carbons (Fsp3) is 0.833. The monoisotopic (exact) mass is 242 g/mol. The van der Waals surface area contributed by atoms with Crippen LogP contribution >= 0.6 is 0 Å². The summed E-state index contributed by atoms with van der Waals surface area (Å²) in [5.74, 6) is 0.0190. The average molecular weight is 242 g/mol. The number of hydrogen-bond acceptors (Lipinski definition) is 3. The molecule has 0 atom stereocenters. The van der Waals surface area contributed by atoms with Gasteiger partial charge in [0.1, 0.15) is 0 Å². The van der Waals surface area contributed by atoms with Crippen LogP contribution in [0.25, 0.3) is 0 Å². The molecule has 0 aromatic heterocycles. The maximum Gasteiger partial charge on any atom is 0.239 e. The van der Waals surface area contributed by atoms with Gasteiger partial charge in [-0.1, -0.05) is 12.8 Å². The molecule has 0 aromatic carbocycles. The molecule has 0 unspecified atom stereocenters. The van der Waals surface area contributed by atoms with Gasteiger partial charge in [-0.3, -0.25) is 9.59 Å². The van der Waals surface area contributed by atoms with Crippen LogP contribution in [0.15, 0.2) is 0 Å². The molecule has 1 aliphatic heterocycles. The second-order valence-electron chi connectivity index (χ2n) is 4.41. The molecule has 1 rings (SSSR count). The van der Waals surface area contributed by atoms with Gasteiger partial charge in [0, 0.05) is 26.1 Å². The smallest absolute Gasteiger partial charge is 0.239 e. The number of nitrogens with one attached hydrogen (secondary N) is 1. The molecule has 1 heterocycles. The molecule has 0 aliphatic carbocycles. The van der Waals surface area contributed by atoms with Crippen LogP contribution < -0.4 is 5.32 Å². The number of rotatable bonds is 8. The maximum absolute atomic E-state index is 11.5. The van der Waals surface area contributed by atoms with Crippen molar-refractivity contribution in [2.75, 3.05) is 26.2 Å². The summed E-state index contributed by atoms with van der Waals surface area (Å²) in [6.45, 7) is 1.81. The molecule has 2 N–H and O–H groups in total. The first-order chi connectivity index (χ1) is 8.24. The maximum atomic E-state index is 11.5. The Morgan fingerprint density at radius 1 is 1.29 bits per heavy atom. The first kappa shape index (κ1) is 14.0. The minimum atomic E-state index is -0.0672. The van der Waals surface area contributed by atoms with Gasteiger partial charge in [-0.25, -0.2) is 0 Å². The Kier molecular flexibility index (Phi) is 6.62. The van der Waals surface area contributed by atoms with E-state index in [-0.39, 0.29) is 25.0 Å². The minimum Gasteiger partial charge on any atom is -0.396 e. The number of unbranched alkanes of at least 4 members (excludes halogenated alkanes) is 3. The van der Waals surface area contributed by atoms with Crippen molar-refractivity contribution in [2.45, 2.75) is 38.5 Å². The zero-order chi connectivity index (χ0) is 12.5. The van der Waals surface area contributed by atoms with E-state index in [4.69, 9.17) is 5.11 Å². The number of hydrogen-bond donors (Lipinski definition) is 2. The van der Waals surface area contributed by atoms with E-state index in [1.165, 1.54) is 0 Å². The fourth-order valence-corrected chi connectivity index (χ4v) is 1.92. The summed E-state index contributed by atoms with van der Waals surface area (Å²) in [6.07, 6.45) is 5.22. The molecule has 5 nitrogen and oxygen atoms in total. The first-order valence-corrected chi connectivity index (χ1v) is 6.39. The van der Waals surface area contributed by atoms with E-state index in [0.29, 0.717) is 19.5 Å². The molecule has 2 amide bonds. The Bertz CT molecular complexity index is 256. The topological polar surface area (TPSA) is 69.6 Å². The molecular formula is C12H22N2O3. The third-order valence-corrected chi connectivity index (χ3v) is 2.91. The van der Waals surface area contributed by atoms with Crippen molar-refractivity contribution in [3.63, 3.8) is 0 Å². The SMILES string of the molecule is O=C(CN1CCCC1=O)NCCCCCCO. The number of aliphatic hydroxyl groups excluding tert-OH is 1. The highest BCUT2D eigenvalue weighted by molar-refractivity contribution is 5.85. The van der Waals surface area contributed by atoms with Gasteiger partial charge in [0.25, 0.3) is 0 Å². The molecule has 5 heteroatoms. The van der Waals surface area contributed by atoms with Crippen LogP contribution in [-0.4, -0.2) is 48.1 Å². The third kappa shape index (κ3) is 5.68. The summed E-state index contributed by atoms with van der Waals surface area (Å²) in [7, 11) is 0. The second-order valence-corrected chi connectivity index (χ2v) is 4.41. The van der Waals surface area contributed by atoms with Gasteiger partial charge >= 0.3 is 0 Å². The highest BCUT2D eigenvalue weighted by Gasteiger charge is 2.21. The fourth-order valence-electron chi connectivity index (χ4n) is 1.92. The minimum absolute atomic E-state index is 0.0672. The number of amides is 2. The van der Waals surface area contributed by atoms with E-state index in [0.717, 1.165) is 32.1 Å². The Morgan fingerprint density at radius 2 is 2.06 bits per heavy atom. The van der Waals surface area contributed by atoms with Gasteiger partial charge in [0.15, 0.2) is 0 Å². The van der Waals surface area contributed by atoms with Gasteiger partial charge < -0.3 is 15.3 Å². The number of nitrogens with zero attached hydrogens (tertiary/aromatic N) is 1. The van der Waals surface area contributed by atoms with Crippen molar-refractivity contribution in [2.24, 2.45) is 0 Å². The van der Waals surface area contributed by atoms with Crippen LogP contribution in [0.4, 0.5) is 0 Å². The van der Waals surface area contributed by atoms with Crippen LogP contribution in [0, 0.1) is 0 Å². The number of carbonyl (C=O) groups is 2. The van der Waals surface area contributed by atoms with Crippen LogP contribution in [-0.2, 0) is 9.59 Å². The van der Waals surface area contributed by atoms with Crippen LogP contribution in [0.3, 0.4) is 0 Å². The van der Waals surface area contributed by atoms with E-state index >= 15 is 0 Å². The molecule has 0 radical (unpaired) electrons. The van der Waals surface area contributed by atoms with Gasteiger partial charge in [0.2, 0.25) is 11.8 Å². The highest BCUT2D eigenvalue weighted by Crippen LogP contribution is 2.08. The standard InChI is InChI=1S/C12H22N2O3/c15-9-4-2-1-3-7-13-11(16)10-14-8-5-6-12(14)17/h15H,1-10H2,(H,13,16). The van der Waals surface area contributed by atoms with Crippen molar-refractivity contribution < 1.29 is 14.7 Å². The summed E-state index contributed by atoms with van der Waals surface area (Å²) in [6, 6.07) is 0. The molecule has 0 aromatic rings. The lowest BCUT2D eigenvalue weighted by atomic mass is 10.2. The molecule has 17 heavy (non-hydrogen) atoms. The average Bonchev–Trinajstić information content (AvgIpc) is 2.69. The molecule has 98 valence electrons. The summed E-state index contributed by atoms with van der Waals surface area (Å²) < 4.78 is 0. The van der Waals surface area contributed by atoms with E-state index < -0.39 is 0 Å². The van der Waals surface area contributed by atoms with Crippen molar-refractivity contribution in [1.82, 2.24) is 10.2 Å². The molecule has 0 saturated carbocycles. The molecular weight excluding hydrogens is 220 g/mol. The largest absolute Gasteiger partial charge is 0.396 e. The zero-order valence-electron chi connectivity index (χ0n) is 10.3. The summed E-state index contributed by atoms with van der Waals surface area (Å²) >= 11 is 0. The van der Waals surface area contributed by atoms with E-state index in [1.807, 2.05) is 0 Å². The van der Waals surface area contributed by atoms with Gasteiger partial charge in [-0.15, -0.1) is 0 Å². The van der Waals surface area contributed by atoms with E-state index in [9.17, 15) is 9.59 Å². The van der Waals surface area contributed by atoms with E-state index in [1.54, 1.807) is 4.90 Å². The quantitative estimate of drug-likeness (QED) is 0.601. The van der Waals surface area contributed by atoms with Crippen LogP contribution in [0.2, 0.25) is 0 Å². The van der Waals surface area contributed by atoms with Gasteiger partial charge in [-0.05, 0) is 19.3 Å². The normalized spacial score (nSPS) is 15.4. The zero-order valence-corrected chi connectivity index (χ0v) is 10.3. The molecule has 0 bridgehead atoms. The molecule has 0 spiro atoms. The third-order valence-electron chi connectivity index (χ3n) is 2.91. The lowest BCUT2D eigenvalue weighted by Gasteiger charge is -2.14.